The number of guanidine groups is 1. The maximum atomic E-state index is 12.2. The zero-order valence-electron chi connectivity index (χ0n) is 18.9. The maximum Gasteiger partial charge on any atom is 0.253 e. The molecule has 1 aliphatic heterocycles. The number of nitrogens with zero attached hydrogens (tertiary/aromatic N) is 4. The minimum absolute atomic E-state index is 0.0223. The van der Waals surface area contributed by atoms with Gasteiger partial charge in [-0.05, 0) is 55.5 Å². The smallest absolute Gasteiger partial charge is 0.253 e. The quantitative estimate of drug-likeness (QED) is 0.506. The predicted molar refractivity (Wildman–Crippen MR) is 127 cm³/mol. The summed E-state index contributed by atoms with van der Waals surface area (Å²) in [5, 5.41) is 6.67. The lowest BCUT2D eigenvalue weighted by molar-refractivity contribution is 0.0827. The average Bonchev–Trinajstić information content (AvgIpc) is 3.32. The van der Waals surface area contributed by atoms with E-state index in [9.17, 15) is 4.79 Å². The second-order valence-corrected chi connectivity index (χ2v) is 7.99. The van der Waals surface area contributed by atoms with Gasteiger partial charge in [-0.1, -0.05) is 18.2 Å². The molecule has 0 unspecified atom stereocenters. The number of rotatable bonds is 8. The molecule has 3 rings (SSSR count). The normalized spacial score (nSPS) is 13.9. The fraction of sp³-hybridized carbons (Fsp3) is 0.458. The van der Waals surface area contributed by atoms with Crippen LogP contribution >= 0.6 is 0 Å². The van der Waals surface area contributed by atoms with Gasteiger partial charge < -0.3 is 20.4 Å². The molecule has 1 fully saturated rings. The van der Waals surface area contributed by atoms with E-state index in [-0.39, 0.29) is 5.91 Å². The molecule has 7 nitrogen and oxygen atoms in total. The minimum Gasteiger partial charge on any atom is -0.357 e. The van der Waals surface area contributed by atoms with Crippen LogP contribution < -0.4 is 15.5 Å². The van der Waals surface area contributed by atoms with Gasteiger partial charge in [-0.2, -0.15) is 0 Å². The number of aliphatic imine (C=N–C) groups is 1. The molecule has 0 aliphatic carbocycles. The molecule has 1 saturated heterocycles. The SMILES string of the molecule is CCNC(=NCc1ccc(N2CCCC2)nc1)NCCc1cccc(C(=O)N(C)C)c1. The number of carbonyl (C=O) groups is 1. The van der Waals surface area contributed by atoms with Gasteiger partial charge in [0.05, 0.1) is 6.54 Å². The van der Waals surface area contributed by atoms with Crippen LogP contribution in [0.5, 0.6) is 0 Å². The Morgan fingerprint density at radius 2 is 1.94 bits per heavy atom. The topological polar surface area (TPSA) is 72.9 Å². The number of aromatic nitrogens is 1. The van der Waals surface area contributed by atoms with Gasteiger partial charge in [0.2, 0.25) is 0 Å². The monoisotopic (exact) mass is 422 g/mol. The first-order valence-corrected chi connectivity index (χ1v) is 11.1. The zero-order chi connectivity index (χ0) is 22.1. The molecule has 2 N–H and O–H groups in total. The molecule has 31 heavy (non-hydrogen) atoms. The first-order valence-electron chi connectivity index (χ1n) is 11.1. The van der Waals surface area contributed by atoms with Crippen molar-refractivity contribution >= 4 is 17.7 Å². The molecule has 0 spiro atoms. The third-order valence-corrected chi connectivity index (χ3v) is 5.29. The summed E-state index contributed by atoms with van der Waals surface area (Å²) in [6.07, 6.45) is 5.24. The van der Waals surface area contributed by atoms with Crippen LogP contribution in [0.4, 0.5) is 5.82 Å². The fourth-order valence-corrected chi connectivity index (χ4v) is 3.60. The van der Waals surface area contributed by atoms with E-state index in [1.807, 2.05) is 30.5 Å². The lowest BCUT2D eigenvalue weighted by Crippen LogP contribution is -2.38. The Morgan fingerprint density at radius 3 is 2.61 bits per heavy atom. The van der Waals surface area contributed by atoms with E-state index >= 15 is 0 Å². The van der Waals surface area contributed by atoms with Crippen LogP contribution in [0.25, 0.3) is 0 Å². The van der Waals surface area contributed by atoms with E-state index in [0.29, 0.717) is 12.1 Å². The van der Waals surface area contributed by atoms with Crippen LogP contribution in [-0.2, 0) is 13.0 Å². The molecule has 0 radical (unpaired) electrons. The third kappa shape index (κ3) is 6.70. The molecule has 1 aromatic carbocycles. The number of nitrogens with one attached hydrogen (secondary N) is 2. The summed E-state index contributed by atoms with van der Waals surface area (Å²) < 4.78 is 0. The predicted octanol–water partition coefficient (Wildman–Crippen LogP) is 2.68. The van der Waals surface area contributed by atoms with Crippen molar-refractivity contribution in [3.05, 3.63) is 59.3 Å². The second kappa shape index (κ2) is 11.3. The number of hydrogen-bond donors (Lipinski definition) is 2. The van der Waals surface area contributed by atoms with Gasteiger partial charge in [-0.15, -0.1) is 0 Å². The lowest BCUT2D eigenvalue weighted by Gasteiger charge is -2.16. The summed E-state index contributed by atoms with van der Waals surface area (Å²) in [6.45, 7) is 6.37. The highest BCUT2D eigenvalue weighted by molar-refractivity contribution is 5.94. The van der Waals surface area contributed by atoms with E-state index in [4.69, 9.17) is 4.99 Å². The highest BCUT2D eigenvalue weighted by Gasteiger charge is 2.13. The summed E-state index contributed by atoms with van der Waals surface area (Å²) in [5.74, 6) is 1.87. The maximum absolute atomic E-state index is 12.2. The van der Waals surface area contributed by atoms with Crippen molar-refractivity contribution in [2.24, 2.45) is 4.99 Å². The molecule has 0 atom stereocenters. The van der Waals surface area contributed by atoms with Gasteiger partial charge in [-0.25, -0.2) is 9.98 Å². The van der Waals surface area contributed by atoms with E-state index in [1.165, 1.54) is 12.8 Å². The molecule has 0 saturated carbocycles. The fourth-order valence-electron chi connectivity index (χ4n) is 3.60. The summed E-state index contributed by atoms with van der Waals surface area (Å²) in [6, 6.07) is 12.0. The third-order valence-electron chi connectivity index (χ3n) is 5.29. The highest BCUT2D eigenvalue weighted by Crippen LogP contribution is 2.17. The van der Waals surface area contributed by atoms with Crippen molar-refractivity contribution in [1.29, 1.82) is 0 Å². The highest BCUT2D eigenvalue weighted by atomic mass is 16.2. The van der Waals surface area contributed by atoms with Crippen molar-refractivity contribution < 1.29 is 4.79 Å². The number of benzene rings is 1. The van der Waals surface area contributed by atoms with Gasteiger partial charge in [0.1, 0.15) is 5.82 Å². The molecule has 1 aliphatic rings. The van der Waals surface area contributed by atoms with Gasteiger partial charge in [0.15, 0.2) is 5.96 Å². The standard InChI is InChI=1S/C24H34N6O/c1-4-25-24(26-13-12-19-8-7-9-21(16-19)23(31)29(2)3)28-18-20-10-11-22(27-17-20)30-14-5-6-15-30/h7-11,16-17H,4-6,12-15,18H2,1-3H3,(H2,25,26,28). The number of carbonyl (C=O) groups excluding carboxylic acids is 1. The first kappa shape index (κ1) is 22.6. The van der Waals surface area contributed by atoms with Crippen LogP contribution in [0.3, 0.4) is 0 Å². The molecule has 7 heteroatoms. The Hall–Kier alpha value is -3.09. The number of pyridine rings is 1. The van der Waals surface area contributed by atoms with Crippen LogP contribution in [0, 0.1) is 0 Å². The Morgan fingerprint density at radius 1 is 1.13 bits per heavy atom. The minimum atomic E-state index is 0.0223. The zero-order valence-corrected chi connectivity index (χ0v) is 18.9. The molecule has 1 aromatic heterocycles. The molecular weight excluding hydrogens is 388 g/mol. The van der Waals surface area contributed by atoms with Gasteiger partial charge in [0.25, 0.3) is 5.91 Å². The Labute approximate surface area is 185 Å². The lowest BCUT2D eigenvalue weighted by atomic mass is 10.1. The molecule has 1 amide bonds. The Bertz CT molecular complexity index is 872. The summed E-state index contributed by atoms with van der Waals surface area (Å²) >= 11 is 0. The summed E-state index contributed by atoms with van der Waals surface area (Å²) in [7, 11) is 3.54. The van der Waals surface area contributed by atoms with Crippen LogP contribution in [0.15, 0.2) is 47.6 Å². The Kier molecular flexibility index (Phi) is 8.27. The van der Waals surface area contributed by atoms with Crippen LogP contribution in [0.2, 0.25) is 0 Å². The summed E-state index contributed by atoms with van der Waals surface area (Å²) in [5.41, 5.74) is 2.93. The second-order valence-electron chi connectivity index (χ2n) is 7.99. The molecule has 0 bridgehead atoms. The van der Waals surface area contributed by atoms with E-state index < -0.39 is 0 Å². The van der Waals surface area contributed by atoms with Crippen molar-refractivity contribution in [1.82, 2.24) is 20.5 Å². The summed E-state index contributed by atoms with van der Waals surface area (Å²) in [4.78, 5) is 25.4. The molecule has 2 heterocycles. The van der Waals surface area contributed by atoms with Crippen molar-refractivity contribution in [3.8, 4) is 0 Å². The van der Waals surface area contributed by atoms with E-state index in [2.05, 4.69) is 39.6 Å². The number of amides is 1. The first-order chi connectivity index (χ1) is 15.1. The van der Waals surface area contributed by atoms with Crippen LogP contribution in [0.1, 0.15) is 41.3 Å². The van der Waals surface area contributed by atoms with Gasteiger partial charge in [-0.3, -0.25) is 4.79 Å². The number of anilines is 1. The molecule has 2 aromatic rings. The number of hydrogen-bond acceptors (Lipinski definition) is 4. The van der Waals surface area contributed by atoms with E-state index in [0.717, 1.165) is 55.5 Å². The van der Waals surface area contributed by atoms with E-state index in [1.54, 1.807) is 19.0 Å². The van der Waals surface area contributed by atoms with Gasteiger partial charge >= 0.3 is 0 Å². The molecular formula is C24H34N6O. The largest absolute Gasteiger partial charge is 0.357 e. The van der Waals surface area contributed by atoms with Crippen molar-refractivity contribution in [2.45, 2.75) is 32.7 Å². The van der Waals surface area contributed by atoms with Crippen molar-refractivity contribution in [2.75, 3.05) is 45.2 Å². The Balaban J connectivity index is 1.53. The van der Waals surface area contributed by atoms with Crippen molar-refractivity contribution in [3.63, 3.8) is 0 Å². The van der Waals surface area contributed by atoms with Crippen LogP contribution in [-0.4, -0.2) is 62.0 Å². The molecule has 166 valence electrons. The average molecular weight is 423 g/mol. The van der Waals surface area contributed by atoms with Gasteiger partial charge in [0, 0.05) is 52.0 Å².